The molecule has 1 fully saturated rings. The third-order valence-corrected chi connectivity index (χ3v) is 7.63. The number of hydrogen-bond acceptors (Lipinski definition) is 4. The van der Waals surface area contributed by atoms with Crippen LogP contribution in [-0.4, -0.2) is 44.7 Å². The maximum absolute atomic E-state index is 13.2. The number of amides is 1. The van der Waals surface area contributed by atoms with Crippen LogP contribution in [-0.2, 0) is 4.79 Å². The molecule has 31 heavy (non-hydrogen) atoms. The molecule has 6 heteroatoms. The van der Waals surface area contributed by atoms with Crippen molar-refractivity contribution in [3.05, 3.63) is 70.8 Å². The second kappa shape index (κ2) is 9.96. The van der Waals surface area contributed by atoms with Gasteiger partial charge in [-0.25, -0.2) is 5.01 Å². The highest BCUT2D eigenvalue weighted by molar-refractivity contribution is 8.23. The van der Waals surface area contributed by atoms with E-state index in [0.29, 0.717) is 5.75 Å². The van der Waals surface area contributed by atoms with Crippen LogP contribution in [0.4, 0.5) is 0 Å². The first kappa shape index (κ1) is 22.0. The average molecular weight is 452 g/mol. The Labute approximate surface area is 194 Å². The summed E-state index contributed by atoms with van der Waals surface area (Å²) in [6.45, 7) is 6.24. The molecule has 1 atom stereocenters. The minimum Gasteiger partial charge on any atom is -0.358 e. The van der Waals surface area contributed by atoms with Crippen molar-refractivity contribution in [2.24, 2.45) is 5.10 Å². The molecule has 0 saturated carbocycles. The summed E-state index contributed by atoms with van der Waals surface area (Å²) in [5.74, 6) is 0.333. The summed E-state index contributed by atoms with van der Waals surface area (Å²) >= 11 is 7.07. The first-order chi connectivity index (χ1) is 15.0. The summed E-state index contributed by atoms with van der Waals surface area (Å²) in [6, 6.07) is 16.5. The van der Waals surface area contributed by atoms with E-state index in [2.05, 4.69) is 49.1 Å². The average Bonchev–Trinajstić information content (AvgIpc) is 3.26. The maximum atomic E-state index is 13.2. The highest BCUT2D eigenvalue weighted by Gasteiger charge is 2.33. The largest absolute Gasteiger partial charge is 0.358 e. The minimum atomic E-state index is -0.0746. The number of piperidine rings is 1. The fourth-order valence-corrected chi connectivity index (χ4v) is 5.23. The molecule has 0 spiro atoms. The molecular weight excluding hydrogens is 422 g/mol. The molecule has 0 aliphatic carbocycles. The quantitative estimate of drug-likeness (QED) is 0.576. The molecule has 1 saturated heterocycles. The summed E-state index contributed by atoms with van der Waals surface area (Å²) in [6.07, 6.45) is 4.35. The normalized spacial score (nSPS) is 18.8. The van der Waals surface area contributed by atoms with Crippen LogP contribution < -0.4 is 0 Å². The van der Waals surface area contributed by atoms with Crippen molar-refractivity contribution in [2.45, 2.75) is 45.6 Å². The third kappa shape index (κ3) is 5.18. The predicted octanol–water partition coefficient (Wildman–Crippen LogP) is 5.49. The molecule has 2 aromatic rings. The fourth-order valence-electron chi connectivity index (χ4n) is 4.13. The number of rotatable bonds is 4. The van der Waals surface area contributed by atoms with Crippen LogP contribution in [0.1, 0.15) is 54.0 Å². The van der Waals surface area contributed by atoms with E-state index < -0.39 is 0 Å². The number of benzene rings is 2. The number of carbonyl (C=O) groups is 1. The van der Waals surface area contributed by atoms with Gasteiger partial charge in [-0.1, -0.05) is 66.4 Å². The summed E-state index contributed by atoms with van der Waals surface area (Å²) < 4.78 is 0.835. The molecule has 2 aliphatic rings. The SMILES string of the molecule is Cc1ccc(C2=NN(C(=O)CSC(=S)N3CCCCC3)C(c3ccccc3)C2)cc1C. The lowest BCUT2D eigenvalue weighted by atomic mass is 9.96. The van der Waals surface area contributed by atoms with Crippen molar-refractivity contribution in [3.8, 4) is 0 Å². The monoisotopic (exact) mass is 451 g/mol. The Morgan fingerprint density at radius 1 is 1.06 bits per heavy atom. The molecule has 0 aromatic heterocycles. The molecule has 0 bridgehead atoms. The van der Waals surface area contributed by atoms with E-state index >= 15 is 0 Å². The van der Waals surface area contributed by atoms with Crippen molar-refractivity contribution in [3.63, 3.8) is 0 Å². The van der Waals surface area contributed by atoms with E-state index in [0.717, 1.165) is 40.7 Å². The number of hydrazone groups is 1. The second-order valence-electron chi connectivity index (χ2n) is 8.32. The number of likely N-dealkylation sites (tertiary alicyclic amines) is 1. The Hall–Kier alpha value is -2.18. The second-order valence-corrected chi connectivity index (χ2v) is 9.93. The van der Waals surface area contributed by atoms with Gasteiger partial charge in [0.2, 0.25) is 0 Å². The predicted molar refractivity (Wildman–Crippen MR) is 134 cm³/mol. The van der Waals surface area contributed by atoms with Crippen molar-refractivity contribution in [1.82, 2.24) is 9.91 Å². The van der Waals surface area contributed by atoms with E-state index in [1.54, 1.807) is 5.01 Å². The Kier molecular flexibility index (Phi) is 7.08. The molecular formula is C25H29N3OS2. The Bertz CT molecular complexity index is 984. The standard InChI is InChI=1S/C25H29N3OS2/c1-18-11-12-21(15-19(18)2)22-16-23(20-9-5-3-6-10-20)28(26-22)24(29)17-31-25(30)27-13-7-4-8-14-27/h3,5-6,9-12,15,23H,4,7-8,13-14,16-17H2,1-2H3. The molecule has 1 unspecified atom stereocenters. The van der Waals surface area contributed by atoms with Crippen molar-refractivity contribution >= 4 is 39.9 Å². The van der Waals surface area contributed by atoms with Crippen LogP contribution in [0.25, 0.3) is 0 Å². The molecule has 2 heterocycles. The highest BCUT2D eigenvalue weighted by Crippen LogP contribution is 2.33. The van der Waals surface area contributed by atoms with Crippen LogP contribution in [0.3, 0.4) is 0 Å². The van der Waals surface area contributed by atoms with Gasteiger partial charge in [0.15, 0.2) is 0 Å². The van der Waals surface area contributed by atoms with Crippen LogP contribution in [0.2, 0.25) is 0 Å². The molecule has 162 valence electrons. The number of thiocarbonyl (C=S) groups is 1. The third-order valence-electron chi connectivity index (χ3n) is 6.12. The molecule has 2 aliphatic heterocycles. The zero-order valence-corrected chi connectivity index (χ0v) is 19.8. The van der Waals surface area contributed by atoms with Gasteiger partial charge < -0.3 is 4.90 Å². The molecule has 2 aromatic carbocycles. The smallest absolute Gasteiger partial charge is 0.253 e. The van der Waals surface area contributed by atoms with E-state index in [-0.39, 0.29) is 11.9 Å². The van der Waals surface area contributed by atoms with Gasteiger partial charge >= 0.3 is 0 Å². The van der Waals surface area contributed by atoms with Crippen molar-refractivity contribution in [2.75, 3.05) is 18.8 Å². The molecule has 0 N–H and O–H groups in total. The summed E-state index contributed by atoms with van der Waals surface area (Å²) in [5.41, 5.74) is 5.67. The Morgan fingerprint density at radius 3 is 2.52 bits per heavy atom. The van der Waals surface area contributed by atoms with E-state index in [1.807, 2.05) is 18.2 Å². The van der Waals surface area contributed by atoms with E-state index in [4.69, 9.17) is 17.3 Å². The first-order valence-electron chi connectivity index (χ1n) is 11.0. The van der Waals surface area contributed by atoms with E-state index in [9.17, 15) is 4.79 Å². The van der Waals surface area contributed by atoms with E-state index in [1.165, 1.54) is 42.2 Å². The summed E-state index contributed by atoms with van der Waals surface area (Å²) in [7, 11) is 0. The highest BCUT2D eigenvalue weighted by atomic mass is 32.2. The fraction of sp³-hybridized carbons (Fsp3) is 0.400. The lowest BCUT2D eigenvalue weighted by Gasteiger charge is -2.29. The molecule has 0 radical (unpaired) electrons. The first-order valence-corrected chi connectivity index (χ1v) is 12.4. The Morgan fingerprint density at radius 2 is 1.81 bits per heavy atom. The van der Waals surface area contributed by atoms with Crippen molar-refractivity contribution < 1.29 is 4.79 Å². The molecule has 1 amide bonds. The van der Waals surface area contributed by atoms with Gasteiger partial charge in [0.05, 0.1) is 17.5 Å². The summed E-state index contributed by atoms with van der Waals surface area (Å²) in [4.78, 5) is 15.5. The molecule has 4 rings (SSSR count). The van der Waals surface area contributed by atoms with Gasteiger partial charge in [0, 0.05) is 19.5 Å². The Balaban J connectivity index is 1.52. The van der Waals surface area contributed by atoms with Gasteiger partial charge in [-0.05, 0) is 61.4 Å². The van der Waals surface area contributed by atoms with Crippen LogP contribution >= 0.6 is 24.0 Å². The lowest BCUT2D eigenvalue weighted by molar-refractivity contribution is -0.130. The lowest BCUT2D eigenvalue weighted by Crippen LogP contribution is -2.34. The van der Waals surface area contributed by atoms with Crippen LogP contribution in [0, 0.1) is 13.8 Å². The number of nitrogens with zero attached hydrogens (tertiary/aromatic N) is 3. The van der Waals surface area contributed by atoms with Gasteiger partial charge in [-0.3, -0.25) is 4.79 Å². The maximum Gasteiger partial charge on any atom is 0.253 e. The zero-order chi connectivity index (χ0) is 21.8. The minimum absolute atomic E-state index is 0.0112. The van der Waals surface area contributed by atoms with Crippen LogP contribution in [0.5, 0.6) is 0 Å². The number of thioether (sulfide) groups is 1. The molecule has 4 nitrogen and oxygen atoms in total. The topological polar surface area (TPSA) is 35.9 Å². The zero-order valence-electron chi connectivity index (χ0n) is 18.2. The van der Waals surface area contributed by atoms with Gasteiger partial charge in [0.1, 0.15) is 4.32 Å². The van der Waals surface area contributed by atoms with Gasteiger partial charge in [-0.15, -0.1) is 0 Å². The van der Waals surface area contributed by atoms with Gasteiger partial charge in [0.25, 0.3) is 5.91 Å². The number of carbonyl (C=O) groups excluding carboxylic acids is 1. The number of hydrogen-bond donors (Lipinski definition) is 0. The summed E-state index contributed by atoms with van der Waals surface area (Å²) in [5, 5.41) is 6.49. The van der Waals surface area contributed by atoms with Gasteiger partial charge in [-0.2, -0.15) is 5.10 Å². The van der Waals surface area contributed by atoms with Crippen LogP contribution in [0.15, 0.2) is 53.6 Å². The van der Waals surface area contributed by atoms with Crippen molar-refractivity contribution in [1.29, 1.82) is 0 Å². The number of aryl methyl sites for hydroxylation is 2.